The van der Waals surface area contributed by atoms with Crippen LogP contribution in [0.15, 0.2) is 34.1 Å². The maximum absolute atomic E-state index is 13.5. The summed E-state index contributed by atoms with van der Waals surface area (Å²) in [6, 6.07) is 7.84. The number of halogens is 1. The monoisotopic (exact) mass is 425 g/mol. The van der Waals surface area contributed by atoms with Gasteiger partial charge in [0.25, 0.3) is 5.56 Å². The first-order valence-corrected chi connectivity index (χ1v) is 11.2. The molecule has 30 heavy (non-hydrogen) atoms. The van der Waals surface area contributed by atoms with E-state index in [-0.39, 0.29) is 11.4 Å². The highest BCUT2D eigenvalue weighted by Crippen LogP contribution is 2.27. The van der Waals surface area contributed by atoms with Crippen LogP contribution in [0.25, 0.3) is 16.6 Å². The summed E-state index contributed by atoms with van der Waals surface area (Å²) >= 11 is 1.35. The highest BCUT2D eigenvalue weighted by Gasteiger charge is 2.20. The van der Waals surface area contributed by atoms with Gasteiger partial charge in [0.1, 0.15) is 28.0 Å². The predicted octanol–water partition coefficient (Wildman–Crippen LogP) is 4.81. The lowest BCUT2D eigenvalue weighted by Crippen LogP contribution is -2.25. The van der Waals surface area contributed by atoms with E-state index >= 15 is 0 Å². The van der Waals surface area contributed by atoms with Crippen LogP contribution in [-0.4, -0.2) is 27.3 Å². The molecule has 2 heterocycles. The summed E-state index contributed by atoms with van der Waals surface area (Å²) in [5.41, 5.74) is 1.31. The van der Waals surface area contributed by atoms with Gasteiger partial charge >= 0.3 is 0 Å². The molecule has 1 aromatic carbocycles. The van der Waals surface area contributed by atoms with E-state index in [9.17, 15) is 14.4 Å². The van der Waals surface area contributed by atoms with E-state index in [0.29, 0.717) is 45.4 Å². The molecule has 0 saturated carbocycles. The van der Waals surface area contributed by atoms with Gasteiger partial charge in [0.15, 0.2) is 0 Å². The molecular formula is C22H24FN5OS. The number of benzene rings is 1. The lowest BCUT2D eigenvalue weighted by atomic mass is 10.1. The van der Waals surface area contributed by atoms with Gasteiger partial charge in [-0.25, -0.2) is 18.9 Å². The van der Waals surface area contributed by atoms with Crippen molar-refractivity contribution in [3.8, 4) is 11.8 Å². The van der Waals surface area contributed by atoms with Crippen LogP contribution in [-0.2, 0) is 0 Å². The molecule has 0 atom stereocenters. The molecule has 0 spiro atoms. The fraction of sp³-hybridized carbons (Fsp3) is 0.364. The van der Waals surface area contributed by atoms with Crippen LogP contribution >= 0.6 is 11.8 Å². The number of fused-ring (bicyclic) bond motifs is 1. The number of thioether (sulfide) groups is 1. The SMILES string of the molecule is CCCCCCNc1nc2c(C#N)c(SC)nc(C)c2c(=O)n1-c1ccc(F)cc1. The van der Waals surface area contributed by atoms with Gasteiger partial charge in [-0.3, -0.25) is 4.79 Å². The number of hydrogen-bond donors (Lipinski definition) is 1. The number of unbranched alkanes of at least 4 members (excludes halogenated alkanes) is 3. The van der Waals surface area contributed by atoms with Crippen molar-refractivity contribution in [1.82, 2.24) is 14.5 Å². The van der Waals surface area contributed by atoms with Crippen LogP contribution in [0.3, 0.4) is 0 Å². The second-order valence-corrected chi connectivity index (χ2v) is 7.75. The van der Waals surface area contributed by atoms with Crippen molar-refractivity contribution in [3.05, 3.63) is 51.7 Å². The number of anilines is 1. The Hall–Kier alpha value is -2.92. The molecule has 3 rings (SSSR count). The molecule has 0 radical (unpaired) electrons. The van der Waals surface area contributed by atoms with Gasteiger partial charge in [-0.05, 0) is 43.9 Å². The standard InChI is InChI=1S/C22H24FN5OS/c1-4-5-6-7-12-25-22-27-19-17(13-24)20(30-3)26-14(2)18(19)21(29)28(22)16-10-8-15(23)9-11-16/h8-11H,4-7,12H2,1-3H3,(H,25,27). The first-order valence-electron chi connectivity index (χ1n) is 9.93. The Bertz CT molecular complexity index is 1150. The Balaban J connectivity index is 2.23. The quantitative estimate of drug-likeness (QED) is 0.412. The predicted molar refractivity (Wildman–Crippen MR) is 119 cm³/mol. The van der Waals surface area contributed by atoms with Crippen molar-refractivity contribution in [2.75, 3.05) is 18.1 Å². The van der Waals surface area contributed by atoms with Gasteiger partial charge in [0.2, 0.25) is 5.95 Å². The topological polar surface area (TPSA) is 83.6 Å². The van der Waals surface area contributed by atoms with Gasteiger partial charge in [-0.2, -0.15) is 5.26 Å². The van der Waals surface area contributed by atoms with Crippen LogP contribution in [0.5, 0.6) is 0 Å². The molecule has 156 valence electrons. The minimum atomic E-state index is -0.385. The van der Waals surface area contributed by atoms with E-state index in [0.717, 1.165) is 25.7 Å². The molecule has 8 heteroatoms. The molecule has 3 aromatic rings. The average Bonchev–Trinajstić information content (AvgIpc) is 2.74. The molecule has 1 N–H and O–H groups in total. The Morgan fingerprint density at radius 1 is 1.20 bits per heavy atom. The lowest BCUT2D eigenvalue weighted by molar-refractivity contribution is 0.627. The number of nitrogens with zero attached hydrogens (tertiary/aromatic N) is 4. The van der Waals surface area contributed by atoms with Crippen molar-refractivity contribution >= 4 is 28.6 Å². The lowest BCUT2D eigenvalue weighted by Gasteiger charge is -2.16. The van der Waals surface area contributed by atoms with Gasteiger partial charge in [-0.15, -0.1) is 11.8 Å². The van der Waals surface area contributed by atoms with E-state index in [2.05, 4.69) is 28.3 Å². The van der Waals surface area contributed by atoms with Crippen molar-refractivity contribution < 1.29 is 4.39 Å². The van der Waals surface area contributed by atoms with Crippen molar-refractivity contribution in [3.63, 3.8) is 0 Å². The summed E-state index contributed by atoms with van der Waals surface area (Å²) in [7, 11) is 0. The van der Waals surface area contributed by atoms with Crippen LogP contribution in [0.4, 0.5) is 10.3 Å². The largest absolute Gasteiger partial charge is 0.355 e. The van der Waals surface area contributed by atoms with Gasteiger partial charge < -0.3 is 5.32 Å². The molecule has 0 aliphatic heterocycles. The van der Waals surface area contributed by atoms with Crippen LogP contribution < -0.4 is 10.9 Å². The van der Waals surface area contributed by atoms with Crippen molar-refractivity contribution in [1.29, 1.82) is 5.26 Å². The molecule has 0 aliphatic carbocycles. The molecule has 0 aliphatic rings. The van der Waals surface area contributed by atoms with E-state index in [4.69, 9.17) is 0 Å². The summed E-state index contributed by atoms with van der Waals surface area (Å²) < 4.78 is 14.9. The molecule has 0 bridgehead atoms. The van der Waals surface area contributed by atoms with Crippen molar-refractivity contribution in [2.45, 2.75) is 44.6 Å². The average molecular weight is 426 g/mol. The summed E-state index contributed by atoms with van der Waals surface area (Å²) in [6.45, 7) is 4.52. The maximum atomic E-state index is 13.5. The van der Waals surface area contributed by atoms with Crippen LogP contribution in [0.2, 0.25) is 0 Å². The molecule has 6 nitrogen and oxygen atoms in total. The number of aromatic nitrogens is 3. The van der Waals surface area contributed by atoms with E-state index in [1.807, 2.05) is 6.26 Å². The van der Waals surface area contributed by atoms with Gasteiger partial charge in [-0.1, -0.05) is 26.2 Å². The number of rotatable bonds is 8. The third-order valence-electron chi connectivity index (χ3n) is 4.87. The van der Waals surface area contributed by atoms with Crippen LogP contribution in [0, 0.1) is 24.1 Å². The second-order valence-electron chi connectivity index (χ2n) is 6.96. The Morgan fingerprint density at radius 3 is 2.57 bits per heavy atom. The number of hydrogen-bond acceptors (Lipinski definition) is 6. The second kappa shape index (κ2) is 9.72. The van der Waals surface area contributed by atoms with Gasteiger partial charge in [0, 0.05) is 6.54 Å². The highest BCUT2D eigenvalue weighted by atomic mass is 32.2. The number of pyridine rings is 1. The Labute approximate surface area is 179 Å². The summed E-state index contributed by atoms with van der Waals surface area (Å²) in [5.74, 6) is -0.0476. The third-order valence-corrected chi connectivity index (χ3v) is 5.55. The summed E-state index contributed by atoms with van der Waals surface area (Å²) in [6.07, 6.45) is 6.10. The fourth-order valence-corrected chi connectivity index (χ4v) is 3.92. The molecule has 0 unspecified atom stereocenters. The van der Waals surface area contributed by atoms with Crippen molar-refractivity contribution in [2.24, 2.45) is 0 Å². The smallest absolute Gasteiger partial charge is 0.269 e. The van der Waals surface area contributed by atoms with E-state index in [1.165, 1.54) is 40.6 Å². The molecule has 0 fully saturated rings. The number of nitrogens with one attached hydrogen (secondary N) is 1. The maximum Gasteiger partial charge on any atom is 0.269 e. The normalized spacial score (nSPS) is 10.9. The first-order chi connectivity index (χ1) is 14.5. The Morgan fingerprint density at radius 2 is 1.93 bits per heavy atom. The fourth-order valence-electron chi connectivity index (χ4n) is 3.34. The zero-order valence-corrected chi connectivity index (χ0v) is 18.1. The highest BCUT2D eigenvalue weighted by molar-refractivity contribution is 7.98. The zero-order chi connectivity index (χ0) is 21.7. The summed E-state index contributed by atoms with van der Waals surface area (Å²) in [5, 5.41) is 13.8. The zero-order valence-electron chi connectivity index (χ0n) is 17.3. The number of nitriles is 1. The summed E-state index contributed by atoms with van der Waals surface area (Å²) in [4.78, 5) is 22.6. The van der Waals surface area contributed by atoms with Gasteiger partial charge in [0.05, 0.1) is 16.8 Å². The van der Waals surface area contributed by atoms with E-state index < -0.39 is 0 Å². The molecule has 0 saturated heterocycles. The molecule has 0 amide bonds. The molecular weight excluding hydrogens is 401 g/mol. The first kappa shape index (κ1) is 21.8. The van der Waals surface area contributed by atoms with E-state index in [1.54, 1.807) is 6.92 Å². The molecule has 2 aromatic heterocycles. The van der Waals surface area contributed by atoms with Crippen LogP contribution in [0.1, 0.15) is 43.9 Å². The Kier molecular flexibility index (Phi) is 7.06. The number of aryl methyl sites for hydroxylation is 1. The minimum Gasteiger partial charge on any atom is -0.355 e. The third kappa shape index (κ3) is 4.31. The minimum absolute atomic E-state index is 0.292.